The average Bonchev–Trinajstić information content (AvgIpc) is 3.28. The Labute approximate surface area is 427 Å². The number of carbonyl (C=O) groups excluding carboxylic acids is 1. The molecule has 2 rings (SSSR count). The van der Waals surface area contributed by atoms with Gasteiger partial charge in [-0.1, -0.05) is 26.0 Å². The van der Waals surface area contributed by atoms with E-state index in [1.165, 1.54) is 0 Å². The molecule has 2 amide bonds. The summed E-state index contributed by atoms with van der Waals surface area (Å²) in [5.74, 6) is -5.21. The van der Waals surface area contributed by atoms with E-state index in [0.29, 0.717) is 44.0 Å². The second kappa shape index (κ2) is 29.6. The lowest BCUT2D eigenvalue weighted by molar-refractivity contribution is -0.142. The van der Waals surface area contributed by atoms with Crippen molar-refractivity contribution >= 4 is 59.4 Å². The van der Waals surface area contributed by atoms with Gasteiger partial charge in [0.05, 0.1) is 26.2 Å². The molecule has 0 radical (unpaired) electrons. The topological polar surface area (TPSA) is 347 Å². The van der Waals surface area contributed by atoms with Crippen molar-refractivity contribution in [2.75, 3.05) is 103 Å². The Hall–Kier alpha value is -6.83. The fraction of sp³-hybridized carbons (Fsp3) is 0.604. The van der Waals surface area contributed by atoms with Crippen LogP contribution in [0.15, 0.2) is 47.9 Å². The van der Waals surface area contributed by atoms with Gasteiger partial charge in [0.15, 0.2) is 0 Å². The molecule has 4 atom stereocenters. The van der Waals surface area contributed by atoms with E-state index in [9.17, 15) is 59.4 Å². The van der Waals surface area contributed by atoms with Crippen molar-refractivity contribution in [1.82, 2.24) is 45.2 Å². The number of rotatable bonds is 35. The van der Waals surface area contributed by atoms with Gasteiger partial charge in [0.2, 0.25) is 17.8 Å². The summed E-state index contributed by atoms with van der Waals surface area (Å²) in [5.41, 5.74) is -0.445. The van der Waals surface area contributed by atoms with Crippen LogP contribution in [-0.2, 0) is 30.4 Å². The van der Waals surface area contributed by atoms with Crippen LogP contribution >= 0.6 is 0 Å². The second-order valence-corrected chi connectivity index (χ2v) is 19.1. The van der Waals surface area contributed by atoms with Crippen LogP contribution < -0.4 is 26.2 Å². The van der Waals surface area contributed by atoms with E-state index in [0.717, 1.165) is 5.56 Å². The summed E-state index contributed by atoms with van der Waals surface area (Å²) < 4.78 is 0. The van der Waals surface area contributed by atoms with E-state index in [1.807, 2.05) is 82.8 Å². The summed E-state index contributed by atoms with van der Waals surface area (Å²) in [7, 11) is 8.90. The van der Waals surface area contributed by atoms with Gasteiger partial charge in [0.25, 0.3) is 0 Å². The summed E-state index contributed by atoms with van der Waals surface area (Å²) in [6.45, 7) is 10.7. The number of amides is 2. The van der Waals surface area contributed by atoms with Crippen LogP contribution in [-0.4, -0.2) is 217 Å². The zero-order valence-electron chi connectivity index (χ0n) is 43.8. The van der Waals surface area contributed by atoms with E-state index in [4.69, 9.17) is 5.11 Å². The lowest BCUT2D eigenvalue weighted by atomic mass is 9.70. The minimum Gasteiger partial charge on any atom is -0.511 e. The number of aromatic nitrogens is 3. The standard InChI is InChI=1S/C48H78N12O13/c1-11-57(8)27-34(61)25-48(5,47(3,4)60(30-40(67)68)23-22-58(9)29-39(65)66)26-35(62)28-59(10)31(2)24-32-15-17-33(18-16-32)50-44-53-43(54-45(55-44)56(6)7)49-21-13-12-14-36(41(69)70)51-46(73)52-37(42(71)72)19-20-38(63)64/h15-18,25-26,31,36-37,61-62H,11-14,19-24,27-30H2,1-10H3,(H,63,64)(H,65,66)(H,67,68)(H,69,70)(H,71,72)(H2,51,52,73)(H2,49,50,53,54,55)/b34-25+,35-26+/t31?,36-,37-,48?/m0/s1. The van der Waals surface area contributed by atoms with Gasteiger partial charge in [-0.15, -0.1) is 0 Å². The van der Waals surface area contributed by atoms with Gasteiger partial charge in [0, 0.05) is 62.8 Å². The van der Waals surface area contributed by atoms with Crippen molar-refractivity contribution in [2.45, 2.75) is 96.8 Å². The van der Waals surface area contributed by atoms with Gasteiger partial charge < -0.3 is 61.9 Å². The molecule has 11 N–H and O–H groups in total. The van der Waals surface area contributed by atoms with Gasteiger partial charge in [-0.05, 0) is 110 Å². The number of carbonyl (C=O) groups is 6. The molecule has 2 unspecified atom stereocenters. The Kier molecular flexibility index (Phi) is 25.3. The van der Waals surface area contributed by atoms with Crippen molar-refractivity contribution in [2.24, 2.45) is 5.41 Å². The maximum Gasteiger partial charge on any atom is 0.326 e. The van der Waals surface area contributed by atoms with E-state index in [1.54, 1.807) is 48.0 Å². The molecule has 25 heteroatoms. The van der Waals surface area contributed by atoms with Gasteiger partial charge >= 0.3 is 35.9 Å². The maximum absolute atomic E-state index is 12.4. The molecule has 0 saturated carbocycles. The van der Waals surface area contributed by atoms with E-state index in [-0.39, 0.29) is 81.6 Å². The van der Waals surface area contributed by atoms with E-state index >= 15 is 0 Å². The smallest absolute Gasteiger partial charge is 0.326 e. The molecule has 73 heavy (non-hydrogen) atoms. The molecule has 0 aliphatic carbocycles. The number of carboxylic acid groups (broad SMARTS) is 5. The number of carboxylic acids is 5. The fourth-order valence-electron chi connectivity index (χ4n) is 7.50. The van der Waals surface area contributed by atoms with Crippen molar-refractivity contribution < 1.29 is 64.5 Å². The minimum atomic E-state index is -1.51. The SMILES string of the molecule is CCN(C)C/C(O)=C\C(C)(/C=C(/O)CN(C)C(C)Cc1ccc(Nc2nc(NCCCC[C@H](NC(=O)N[C@@H](CCC(=O)O)C(=O)O)C(=O)O)nc(N(C)C)n2)cc1)C(C)(C)N(CCN(C)CC(=O)O)CC(=O)O. The Morgan fingerprint density at radius 3 is 1.77 bits per heavy atom. The quantitative estimate of drug-likeness (QED) is 0.0349. The van der Waals surface area contributed by atoms with Crippen LogP contribution in [0.1, 0.15) is 72.3 Å². The highest BCUT2D eigenvalue weighted by molar-refractivity contribution is 5.86. The largest absolute Gasteiger partial charge is 0.511 e. The number of unbranched alkanes of at least 4 members (excludes halogenated alkanes) is 1. The number of aliphatic carboxylic acids is 5. The molecule has 0 aliphatic rings. The number of likely N-dealkylation sites (N-methyl/N-ethyl adjacent to an activating group) is 3. The number of hydrogen-bond acceptors (Lipinski definition) is 18. The summed E-state index contributed by atoms with van der Waals surface area (Å²) in [6.07, 6.45) is 3.83. The molecule has 0 saturated heterocycles. The Balaban J connectivity index is 2.16. The first kappa shape index (κ1) is 62.3. The Bertz CT molecular complexity index is 2210. The first-order chi connectivity index (χ1) is 34.0. The van der Waals surface area contributed by atoms with E-state index in [2.05, 4.69) is 36.2 Å². The number of aliphatic hydroxyl groups is 2. The van der Waals surface area contributed by atoms with Crippen LogP contribution in [0, 0.1) is 5.41 Å². The van der Waals surface area contributed by atoms with Gasteiger partial charge in [-0.25, -0.2) is 14.4 Å². The van der Waals surface area contributed by atoms with Crippen LogP contribution in [0.4, 0.5) is 28.3 Å². The molecule has 1 aromatic carbocycles. The molecule has 0 fully saturated rings. The summed E-state index contributed by atoms with van der Waals surface area (Å²) >= 11 is 0. The first-order valence-corrected chi connectivity index (χ1v) is 23.9. The lowest BCUT2D eigenvalue weighted by Gasteiger charge is -2.48. The number of benzene rings is 1. The predicted molar refractivity (Wildman–Crippen MR) is 275 cm³/mol. The zero-order valence-corrected chi connectivity index (χ0v) is 43.8. The van der Waals surface area contributed by atoms with Gasteiger partial charge in [-0.2, -0.15) is 15.0 Å². The highest BCUT2D eigenvalue weighted by Crippen LogP contribution is 2.40. The highest BCUT2D eigenvalue weighted by atomic mass is 16.4. The molecule has 2 aromatic rings. The first-order valence-electron chi connectivity index (χ1n) is 23.9. The third kappa shape index (κ3) is 22.2. The van der Waals surface area contributed by atoms with Crippen molar-refractivity contribution in [1.29, 1.82) is 0 Å². The molecular weight excluding hydrogens is 953 g/mol. The summed E-state index contributed by atoms with van der Waals surface area (Å²) in [6, 6.07) is 3.70. The molecule has 0 spiro atoms. The number of urea groups is 1. The third-order valence-corrected chi connectivity index (χ3v) is 12.5. The lowest BCUT2D eigenvalue weighted by Crippen LogP contribution is -2.57. The molecule has 408 valence electrons. The molecule has 0 aliphatic heterocycles. The monoisotopic (exact) mass is 1030 g/mol. The Morgan fingerprint density at radius 2 is 1.23 bits per heavy atom. The Morgan fingerprint density at radius 1 is 0.671 bits per heavy atom. The molecule has 1 aromatic heterocycles. The third-order valence-electron chi connectivity index (χ3n) is 12.5. The maximum atomic E-state index is 12.4. The second-order valence-electron chi connectivity index (χ2n) is 19.1. The number of nitrogens with one attached hydrogen (secondary N) is 4. The minimum absolute atomic E-state index is 0.00636. The summed E-state index contributed by atoms with van der Waals surface area (Å²) in [5, 5.41) is 80.4. The van der Waals surface area contributed by atoms with Gasteiger partial charge in [0.1, 0.15) is 23.6 Å². The molecular formula is C48H78N12O13. The molecule has 25 nitrogen and oxygen atoms in total. The number of hydrogen-bond donors (Lipinski definition) is 11. The summed E-state index contributed by atoms with van der Waals surface area (Å²) in [4.78, 5) is 92.3. The number of anilines is 4. The average molecular weight is 1030 g/mol. The number of aliphatic hydroxyl groups excluding tert-OH is 2. The van der Waals surface area contributed by atoms with Crippen molar-refractivity contribution in [3.05, 3.63) is 53.5 Å². The van der Waals surface area contributed by atoms with Crippen LogP contribution in [0.3, 0.4) is 0 Å². The molecule has 0 bridgehead atoms. The highest BCUT2D eigenvalue weighted by Gasteiger charge is 2.44. The molecule has 1 heterocycles. The predicted octanol–water partition coefficient (Wildman–Crippen LogP) is 3.22. The van der Waals surface area contributed by atoms with Crippen LogP contribution in [0.2, 0.25) is 0 Å². The van der Waals surface area contributed by atoms with Gasteiger partial charge in [-0.3, -0.25) is 34.0 Å². The van der Waals surface area contributed by atoms with Crippen LogP contribution in [0.5, 0.6) is 0 Å². The van der Waals surface area contributed by atoms with Crippen molar-refractivity contribution in [3.8, 4) is 0 Å². The zero-order chi connectivity index (χ0) is 55.2. The fourth-order valence-corrected chi connectivity index (χ4v) is 7.50. The van der Waals surface area contributed by atoms with Crippen molar-refractivity contribution in [3.63, 3.8) is 0 Å². The normalized spacial score (nSPS) is 14.3. The number of nitrogens with zero attached hydrogens (tertiary/aromatic N) is 8. The van der Waals surface area contributed by atoms with Crippen LogP contribution in [0.25, 0.3) is 0 Å². The van der Waals surface area contributed by atoms with E-state index < -0.39 is 65.3 Å².